The van der Waals surface area contributed by atoms with Crippen molar-refractivity contribution in [2.45, 2.75) is 13.5 Å². The van der Waals surface area contributed by atoms with E-state index in [1.54, 1.807) is 12.1 Å². The molecule has 1 aromatic heterocycles. The molecule has 0 fully saturated rings. The molecule has 0 saturated heterocycles. The maximum Gasteiger partial charge on any atom is 0.330 e. The van der Waals surface area contributed by atoms with E-state index in [0.717, 1.165) is 11.1 Å². The monoisotopic (exact) mass is 364 g/mol. The van der Waals surface area contributed by atoms with E-state index in [4.69, 9.17) is 5.73 Å². The predicted molar refractivity (Wildman–Crippen MR) is 105 cm³/mol. The maximum absolute atomic E-state index is 12.9. The number of hydrogen-bond acceptors (Lipinski definition) is 4. The van der Waals surface area contributed by atoms with Crippen LogP contribution in [-0.4, -0.2) is 22.5 Å². The summed E-state index contributed by atoms with van der Waals surface area (Å²) in [6.45, 7) is 1.99. The molecule has 0 spiro atoms. The van der Waals surface area contributed by atoms with Gasteiger partial charge in [-0.1, -0.05) is 48.5 Å². The first kappa shape index (κ1) is 18.2. The van der Waals surface area contributed by atoms with Gasteiger partial charge in [-0.2, -0.15) is 0 Å². The summed E-state index contributed by atoms with van der Waals surface area (Å²) in [5, 5.41) is 0. The molecule has 1 heterocycles. The quantitative estimate of drug-likeness (QED) is 0.736. The molecule has 0 aliphatic rings. The highest BCUT2D eigenvalue weighted by atomic mass is 16.2. The minimum Gasteiger partial charge on any atom is -0.383 e. The van der Waals surface area contributed by atoms with E-state index in [1.165, 1.54) is 16.5 Å². The normalized spacial score (nSPS) is 10.6. The number of anilines is 2. The van der Waals surface area contributed by atoms with Gasteiger partial charge in [-0.15, -0.1) is 0 Å². The van der Waals surface area contributed by atoms with E-state index < -0.39 is 11.2 Å². The fourth-order valence-corrected chi connectivity index (χ4v) is 2.92. The number of carbonyl (C=O) groups excluding carboxylic acids is 1. The minimum absolute atomic E-state index is 0.0567. The molecule has 2 aromatic carbocycles. The van der Waals surface area contributed by atoms with E-state index in [9.17, 15) is 14.4 Å². The van der Waals surface area contributed by atoms with Crippen LogP contribution in [0.3, 0.4) is 0 Å². The lowest BCUT2D eigenvalue weighted by atomic mass is 10.1. The summed E-state index contributed by atoms with van der Waals surface area (Å²) >= 11 is 0. The van der Waals surface area contributed by atoms with Crippen LogP contribution in [0, 0.1) is 6.92 Å². The number of aryl methyl sites for hydroxylation is 1. The van der Waals surface area contributed by atoms with E-state index in [0.29, 0.717) is 5.56 Å². The summed E-state index contributed by atoms with van der Waals surface area (Å²) in [4.78, 5) is 40.9. The Morgan fingerprint density at radius 3 is 2.37 bits per heavy atom. The molecule has 138 valence electrons. The molecule has 27 heavy (non-hydrogen) atoms. The summed E-state index contributed by atoms with van der Waals surface area (Å²) in [5.41, 5.74) is 6.84. The number of rotatable bonds is 4. The Balaban J connectivity index is 2.06. The molecule has 0 radical (unpaired) electrons. The van der Waals surface area contributed by atoms with Gasteiger partial charge in [0, 0.05) is 12.6 Å². The molecule has 0 unspecified atom stereocenters. The second kappa shape index (κ2) is 7.33. The van der Waals surface area contributed by atoms with Crippen LogP contribution < -0.4 is 21.9 Å². The van der Waals surface area contributed by atoms with Crippen LogP contribution >= 0.6 is 0 Å². The third-order valence-corrected chi connectivity index (χ3v) is 4.41. The van der Waals surface area contributed by atoms with Crippen molar-refractivity contribution in [3.8, 4) is 0 Å². The fraction of sp³-hybridized carbons (Fsp3) is 0.150. The molecular weight excluding hydrogens is 344 g/mol. The molecular formula is C20H20N4O3. The Morgan fingerprint density at radius 2 is 1.70 bits per heavy atom. The van der Waals surface area contributed by atoms with Gasteiger partial charge in [0.15, 0.2) is 5.69 Å². The van der Waals surface area contributed by atoms with Gasteiger partial charge in [-0.25, -0.2) is 4.79 Å². The second-order valence-electron chi connectivity index (χ2n) is 6.24. The third-order valence-electron chi connectivity index (χ3n) is 4.41. The number of aromatic nitrogens is 2. The van der Waals surface area contributed by atoms with Gasteiger partial charge < -0.3 is 10.6 Å². The first-order valence-corrected chi connectivity index (χ1v) is 8.40. The Bertz CT molecular complexity index is 1100. The van der Waals surface area contributed by atoms with Crippen molar-refractivity contribution >= 4 is 17.4 Å². The fourth-order valence-electron chi connectivity index (χ4n) is 2.92. The van der Waals surface area contributed by atoms with Gasteiger partial charge in [0.1, 0.15) is 5.82 Å². The first-order valence-electron chi connectivity index (χ1n) is 8.40. The molecule has 3 rings (SSSR count). The number of nitrogens with one attached hydrogen (secondary N) is 1. The number of H-pyrrole nitrogens is 1. The van der Waals surface area contributed by atoms with Crippen molar-refractivity contribution in [3.63, 3.8) is 0 Å². The van der Waals surface area contributed by atoms with Crippen LogP contribution in [-0.2, 0) is 6.54 Å². The molecule has 7 heteroatoms. The Hall–Kier alpha value is -3.61. The molecule has 1 amide bonds. The molecule has 3 aromatic rings. The highest BCUT2D eigenvalue weighted by molar-refractivity contribution is 6.07. The number of benzene rings is 2. The predicted octanol–water partition coefficient (Wildman–Crippen LogP) is 1.75. The van der Waals surface area contributed by atoms with Gasteiger partial charge in [0.2, 0.25) is 0 Å². The smallest absolute Gasteiger partial charge is 0.330 e. The number of aromatic amines is 1. The zero-order chi connectivity index (χ0) is 19.6. The van der Waals surface area contributed by atoms with Crippen molar-refractivity contribution in [1.82, 2.24) is 9.55 Å². The van der Waals surface area contributed by atoms with Crippen LogP contribution in [0.2, 0.25) is 0 Å². The van der Waals surface area contributed by atoms with Crippen molar-refractivity contribution in [2.75, 3.05) is 17.7 Å². The highest BCUT2D eigenvalue weighted by Gasteiger charge is 2.22. The molecule has 0 aliphatic carbocycles. The van der Waals surface area contributed by atoms with Gasteiger partial charge in [-0.3, -0.25) is 19.1 Å². The Labute approximate surface area is 155 Å². The van der Waals surface area contributed by atoms with Crippen molar-refractivity contribution in [3.05, 3.63) is 92.1 Å². The Morgan fingerprint density at radius 1 is 1.07 bits per heavy atom. The molecule has 3 N–H and O–H groups in total. The van der Waals surface area contributed by atoms with E-state index in [1.807, 2.05) is 49.4 Å². The first-order chi connectivity index (χ1) is 12.9. The molecule has 0 aliphatic heterocycles. The number of nitrogens with zero attached hydrogens (tertiary/aromatic N) is 2. The lowest BCUT2D eigenvalue weighted by Gasteiger charge is -2.21. The lowest BCUT2D eigenvalue weighted by molar-refractivity contribution is 0.0992. The average Bonchev–Trinajstić information content (AvgIpc) is 2.65. The maximum atomic E-state index is 12.9. The highest BCUT2D eigenvalue weighted by Crippen LogP contribution is 2.19. The number of nitrogen functional groups attached to an aromatic ring is 1. The van der Waals surface area contributed by atoms with Crippen LogP contribution in [0.15, 0.2) is 64.2 Å². The summed E-state index contributed by atoms with van der Waals surface area (Å²) in [7, 11) is 1.47. The largest absolute Gasteiger partial charge is 0.383 e. The molecule has 0 bridgehead atoms. The summed E-state index contributed by atoms with van der Waals surface area (Å²) < 4.78 is 1.24. The van der Waals surface area contributed by atoms with Crippen LogP contribution in [0.4, 0.5) is 11.5 Å². The second-order valence-corrected chi connectivity index (χ2v) is 6.24. The summed E-state index contributed by atoms with van der Waals surface area (Å²) in [6, 6.07) is 16.3. The SMILES string of the molecule is Cc1ccccc1C(=O)N(C)c1c(N)n(Cc2ccccc2)c(=O)[nH]c1=O. The lowest BCUT2D eigenvalue weighted by Crippen LogP contribution is -2.39. The van der Waals surface area contributed by atoms with Crippen molar-refractivity contribution in [1.29, 1.82) is 0 Å². The van der Waals surface area contributed by atoms with E-state index in [2.05, 4.69) is 4.98 Å². The third kappa shape index (κ3) is 3.52. The summed E-state index contributed by atoms with van der Waals surface area (Å²) in [5.74, 6) is -0.438. The number of hydrogen-bond donors (Lipinski definition) is 2. The average molecular weight is 364 g/mol. The molecule has 7 nitrogen and oxygen atoms in total. The topological polar surface area (TPSA) is 101 Å². The standard InChI is InChI=1S/C20H20N4O3/c1-13-8-6-7-11-15(13)19(26)23(2)16-17(21)24(20(27)22-18(16)25)12-14-9-4-3-5-10-14/h3-11H,12,21H2,1-2H3,(H,22,25,27). The van der Waals surface area contributed by atoms with E-state index >= 15 is 0 Å². The van der Waals surface area contributed by atoms with Gasteiger partial charge in [0.25, 0.3) is 11.5 Å². The minimum atomic E-state index is -0.703. The summed E-state index contributed by atoms with van der Waals surface area (Å²) in [6.07, 6.45) is 0. The van der Waals surface area contributed by atoms with Crippen LogP contribution in [0.25, 0.3) is 0 Å². The molecule has 0 saturated carbocycles. The van der Waals surface area contributed by atoms with Crippen LogP contribution in [0.1, 0.15) is 21.5 Å². The zero-order valence-electron chi connectivity index (χ0n) is 15.1. The number of amides is 1. The van der Waals surface area contributed by atoms with Gasteiger partial charge >= 0.3 is 5.69 Å². The van der Waals surface area contributed by atoms with Crippen molar-refractivity contribution in [2.24, 2.45) is 0 Å². The Kier molecular flexibility index (Phi) is 4.94. The van der Waals surface area contributed by atoms with Gasteiger partial charge in [-0.05, 0) is 24.1 Å². The zero-order valence-corrected chi connectivity index (χ0v) is 15.1. The van der Waals surface area contributed by atoms with E-state index in [-0.39, 0.29) is 24.0 Å². The number of carbonyl (C=O) groups is 1. The molecule has 0 atom stereocenters. The number of nitrogens with two attached hydrogens (primary N) is 1. The van der Waals surface area contributed by atoms with Gasteiger partial charge in [0.05, 0.1) is 6.54 Å². The van der Waals surface area contributed by atoms with Crippen molar-refractivity contribution < 1.29 is 4.79 Å². The van der Waals surface area contributed by atoms with Crippen LogP contribution in [0.5, 0.6) is 0 Å².